The van der Waals surface area contributed by atoms with Crippen LogP contribution in [0.1, 0.15) is 10.4 Å². The fourth-order valence-electron chi connectivity index (χ4n) is 2.53. The summed E-state index contributed by atoms with van der Waals surface area (Å²) in [6.07, 6.45) is 3.04. The molecular weight excluding hydrogens is 358 g/mol. The summed E-state index contributed by atoms with van der Waals surface area (Å²) in [5.74, 6) is -0.929. The molecule has 27 heavy (non-hydrogen) atoms. The summed E-state index contributed by atoms with van der Waals surface area (Å²) in [6.45, 7) is 1.63. The molecule has 0 atom stereocenters. The van der Waals surface area contributed by atoms with E-state index in [-0.39, 0.29) is 12.5 Å². The number of thiophene rings is 1. The van der Waals surface area contributed by atoms with E-state index in [2.05, 4.69) is 5.32 Å². The Morgan fingerprint density at radius 2 is 1.78 bits per heavy atom. The molecule has 0 aliphatic carbocycles. The van der Waals surface area contributed by atoms with Crippen LogP contribution in [0.3, 0.4) is 0 Å². The minimum absolute atomic E-state index is 0.338. The van der Waals surface area contributed by atoms with Crippen LogP contribution >= 0.6 is 11.3 Å². The quantitative estimate of drug-likeness (QED) is 0.490. The molecule has 0 spiro atoms. The van der Waals surface area contributed by atoms with Crippen molar-refractivity contribution in [3.05, 3.63) is 82.6 Å². The van der Waals surface area contributed by atoms with Gasteiger partial charge in [0.1, 0.15) is 0 Å². The molecule has 0 fully saturated rings. The van der Waals surface area contributed by atoms with Crippen molar-refractivity contribution in [2.75, 3.05) is 11.9 Å². The normalized spacial score (nSPS) is 10.7. The van der Waals surface area contributed by atoms with Crippen molar-refractivity contribution >= 4 is 35.0 Å². The number of carbonyl (C=O) groups is 2. The lowest BCUT2D eigenvalue weighted by Gasteiger charge is -2.11. The number of carbonyl (C=O) groups excluding carboxylic acids is 2. The van der Waals surface area contributed by atoms with Crippen LogP contribution in [0.5, 0.6) is 0 Å². The van der Waals surface area contributed by atoms with E-state index in [1.165, 1.54) is 6.08 Å². The third kappa shape index (κ3) is 5.15. The van der Waals surface area contributed by atoms with Gasteiger partial charge in [-0.1, -0.05) is 48.5 Å². The molecule has 0 aliphatic heterocycles. The average Bonchev–Trinajstić information content (AvgIpc) is 3.11. The number of amides is 1. The Kier molecular flexibility index (Phi) is 6.18. The summed E-state index contributed by atoms with van der Waals surface area (Å²) in [7, 11) is 0. The number of anilines is 1. The summed E-state index contributed by atoms with van der Waals surface area (Å²) >= 11 is 1.54. The molecule has 5 heteroatoms. The summed E-state index contributed by atoms with van der Waals surface area (Å²) < 4.78 is 5.03. The van der Waals surface area contributed by atoms with Gasteiger partial charge in [-0.25, -0.2) is 4.79 Å². The summed E-state index contributed by atoms with van der Waals surface area (Å²) in [5.41, 5.74) is 3.68. The molecule has 1 N–H and O–H groups in total. The van der Waals surface area contributed by atoms with Gasteiger partial charge in [-0.15, -0.1) is 11.3 Å². The van der Waals surface area contributed by atoms with Crippen molar-refractivity contribution in [2.45, 2.75) is 6.92 Å². The fourth-order valence-corrected chi connectivity index (χ4v) is 3.35. The Hall–Kier alpha value is -3.18. The Labute approximate surface area is 162 Å². The molecule has 3 aromatic rings. The van der Waals surface area contributed by atoms with Crippen LogP contribution < -0.4 is 5.32 Å². The first-order valence-electron chi connectivity index (χ1n) is 8.47. The summed E-state index contributed by atoms with van der Waals surface area (Å²) in [5, 5.41) is 4.76. The molecule has 2 aromatic carbocycles. The van der Waals surface area contributed by atoms with Crippen molar-refractivity contribution < 1.29 is 14.3 Å². The van der Waals surface area contributed by atoms with E-state index in [0.717, 1.165) is 21.6 Å². The van der Waals surface area contributed by atoms with Crippen LogP contribution in [0.25, 0.3) is 17.2 Å². The topological polar surface area (TPSA) is 55.4 Å². The van der Waals surface area contributed by atoms with Crippen molar-refractivity contribution in [3.63, 3.8) is 0 Å². The van der Waals surface area contributed by atoms with Gasteiger partial charge in [-0.05, 0) is 41.6 Å². The van der Waals surface area contributed by atoms with Crippen molar-refractivity contribution in [1.29, 1.82) is 0 Å². The van der Waals surface area contributed by atoms with E-state index in [1.807, 2.05) is 73.0 Å². The summed E-state index contributed by atoms with van der Waals surface area (Å²) in [4.78, 5) is 25.0. The lowest BCUT2D eigenvalue weighted by atomic mass is 10.0. The molecule has 0 radical (unpaired) electrons. The maximum atomic E-state index is 12.2. The highest BCUT2D eigenvalue weighted by Crippen LogP contribution is 2.27. The van der Waals surface area contributed by atoms with Crippen LogP contribution in [0.4, 0.5) is 5.69 Å². The lowest BCUT2D eigenvalue weighted by molar-refractivity contribution is -0.142. The number of nitrogens with one attached hydrogen (secondary N) is 1. The standard InChI is InChI=1S/C22H19NO3S/c1-16-13-14-27-20(16)11-12-22(25)26-15-21(24)23-19-10-6-5-9-18(19)17-7-3-2-4-8-17/h2-14H,15H2,1H3,(H,23,24)/b12-11+. The molecule has 1 amide bonds. The Morgan fingerprint density at radius 3 is 2.52 bits per heavy atom. The maximum Gasteiger partial charge on any atom is 0.331 e. The van der Waals surface area contributed by atoms with E-state index in [0.29, 0.717) is 5.69 Å². The van der Waals surface area contributed by atoms with Crippen molar-refractivity contribution in [2.24, 2.45) is 0 Å². The second kappa shape index (κ2) is 8.96. The summed E-state index contributed by atoms with van der Waals surface area (Å²) in [6, 6.07) is 19.3. The number of hydrogen-bond acceptors (Lipinski definition) is 4. The zero-order valence-electron chi connectivity index (χ0n) is 14.8. The molecule has 0 saturated carbocycles. The van der Waals surface area contributed by atoms with Gasteiger partial charge in [0.25, 0.3) is 5.91 Å². The Balaban J connectivity index is 1.58. The highest BCUT2D eigenvalue weighted by atomic mass is 32.1. The van der Waals surface area contributed by atoms with Crippen LogP contribution in [-0.4, -0.2) is 18.5 Å². The average molecular weight is 377 g/mol. The second-order valence-electron chi connectivity index (χ2n) is 5.87. The molecule has 0 aliphatic rings. The van der Waals surface area contributed by atoms with Crippen LogP contribution in [0, 0.1) is 6.92 Å². The van der Waals surface area contributed by atoms with Crippen molar-refractivity contribution in [3.8, 4) is 11.1 Å². The fraction of sp³-hybridized carbons (Fsp3) is 0.0909. The van der Waals surface area contributed by atoms with Gasteiger partial charge >= 0.3 is 5.97 Å². The molecule has 0 saturated heterocycles. The van der Waals surface area contributed by atoms with Gasteiger partial charge in [0.2, 0.25) is 0 Å². The van der Waals surface area contributed by atoms with Gasteiger partial charge in [-0.2, -0.15) is 0 Å². The number of benzene rings is 2. The molecule has 136 valence electrons. The van der Waals surface area contributed by atoms with Gasteiger partial charge in [0, 0.05) is 22.2 Å². The Morgan fingerprint density at radius 1 is 1.04 bits per heavy atom. The predicted molar refractivity (Wildman–Crippen MR) is 110 cm³/mol. The van der Waals surface area contributed by atoms with Gasteiger partial charge in [0.15, 0.2) is 6.61 Å². The smallest absolute Gasteiger partial charge is 0.331 e. The number of rotatable bonds is 6. The molecule has 3 rings (SSSR count). The third-order valence-electron chi connectivity index (χ3n) is 3.90. The third-order valence-corrected chi connectivity index (χ3v) is 4.89. The zero-order chi connectivity index (χ0) is 19.1. The van der Waals surface area contributed by atoms with E-state index in [1.54, 1.807) is 17.4 Å². The highest BCUT2D eigenvalue weighted by molar-refractivity contribution is 7.11. The van der Waals surface area contributed by atoms with Gasteiger partial charge in [0.05, 0.1) is 0 Å². The molecule has 4 nitrogen and oxygen atoms in total. The number of esters is 1. The van der Waals surface area contributed by atoms with Gasteiger partial charge in [-0.3, -0.25) is 4.79 Å². The van der Waals surface area contributed by atoms with Crippen LogP contribution in [0.15, 0.2) is 72.1 Å². The van der Waals surface area contributed by atoms with E-state index in [4.69, 9.17) is 4.74 Å². The SMILES string of the molecule is Cc1ccsc1/C=C/C(=O)OCC(=O)Nc1ccccc1-c1ccccc1. The first-order valence-corrected chi connectivity index (χ1v) is 9.34. The maximum absolute atomic E-state index is 12.2. The van der Waals surface area contributed by atoms with E-state index >= 15 is 0 Å². The number of para-hydroxylation sites is 1. The molecule has 1 heterocycles. The monoisotopic (exact) mass is 377 g/mol. The first kappa shape index (κ1) is 18.6. The largest absolute Gasteiger partial charge is 0.452 e. The molecule has 0 bridgehead atoms. The van der Waals surface area contributed by atoms with Crippen LogP contribution in [-0.2, 0) is 14.3 Å². The van der Waals surface area contributed by atoms with Gasteiger partial charge < -0.3 is 10.1 Å². The molecule has 1 aromatic heterocycles. The Bertz CT molecular complexity index is 960. The lowest BCUT2D eigenvalue weighted by Crippen LogP contribution is -2.20. The second-order valence-corrected chi connectivity index (χ2v) is 6.82. The first-order chi connectivity index (χ1) is 13.1. The van der Waals surface area contributed by atoms with E-state index < -0.39 is 5.97 Å². The molecule has 0 unspecified atom stereocenters. The zero-order valence-corrected chi connectivity index (χ0v) is 15.7. The molecular formula is C22H19NO3S. The number of hydrogen-bond donors (Lipinski definition) is 1. The predicted octanol–water partition coefficient (Wildman–Crippen LogP) is 4.92. The number of ether oxygens (including phenoxy) is 1. The minimum Gasteiger partial charge on any atom is -0.452 e. The number of aryl methyl sites for hydroxylation is 1. The van der Waals surface area contributed by atoms with Crippen molar-refractivity contribution in [1.82, 2.24) is 0 Å². The van der Waals surface area contributed by atoms with Crippen LogP contribution in [0.2, 0.25) is 0 Å². The van der Waals surface area contributed by atoms with E-state index in [9.17, 15) is 9.59 Å². The minimum atomic E-state index is -0.547. The highest BCUT2D eigenvalue weighted by Gasteiger charge is 2.10.